The Morgan fingerprint density at radius 1 is 1.24 bits per heavy atom. The summed E-state index contributed by atoms with van der Waals surface area (Å²) in [5, 5.41) is 10.2. The topological polar surface area (TPSA) is 71.4 Å². The van der Waals surface area contributed by atoms with E-state index in [1.807, 2.05) is 0 Å². The minimum atomic E-state index is -0.912. The zero-order chi connectivity index (χ0) is 18.1. The number of Topliss-reactive ketones (excluding diaryl/α,β-unsaturated/α-hetero) is 2. The van der Waals surface area contributed by atoms with Crippen molar-refractivity contribution in [3.63, 3.8) is 0 Å². The van der Waals surface area contributed by atoms with Crippen molar-refractivity contribution in [1.29, 1.82) is 0 Å². The second-order valence-electron chi connectivity index (χ2n) is 9.37. The lowest BCUT2D eigenvalue weighted by atomic mass is 9.46. The second-order valence-corrected chi connectivity index (χ2v) is 9.37. The molecule has 1 N–H and O–H groups in total. The first-order chi connectivity index (χ1) is 11.7. The van der Waals surface area contributed by atoms with Gasteiger partial charge in [-0.05, 0) is 67.8 Å². The average molecular weight is 344 g/mol. The van der Waals surface area contributed by atoms with Crippen molar-refractivity contribution in [2.45, 2.75) is 65.4 Å². The average Bonchev–Trinajstić information content (AvgIpc) is 2.80. The molecule has 7 atom stereocenters. The van der Waals surface area contributed by atoms with Crippen LogP contribution in [-0.2, 0) is 14.4 Å². The van der Waals surface area contributed by atoms with Crippen LogP contribution in [0.4, 0.5) is 0 Å². The molecule has 0 aromatic carbocycles. The molecule has 0 aliphatic heterocycles. The summed E-state index contributed by atoms with van der Waals surface area (Å²) < 4.78 is 0. The Labute approximate surface area is 149 Å². The van der Waals surface area contributed by atoms with Crippen molar-refractivity contribution in [3.05, 3.63) is 11.6 Å². The van der Waals surface area contributed by atoms with Gasteiger partial charge < -0.3 is 5.11 Å². The van der Waals surface area contributed by atoms with E-state index in [0.717, 1.165) is 25.7 Å². The van der Waals surface area contributed by atoms with Crippen LogP contribution in [0.25, 0.3) is 0 Å². The van der Waals surface area contributed by atoms with Crippen LogP contribution in [0, 0.1) is 34.5 Å². The summed E-state index contributed by atoms with van der Waals surface area (Å²) in [6, 6.07) is 0. The molecule has 4 nitrogen and oxygen atoms in total. The zero-order valence-corrected chi connectivity index (χ0v) is 15.4. The molecule has 4 aliphatic carbocycles. The van der Waals surface area contributed by atoms with Gasteiger partial charge in [-0.3, -0.25) is 14.4 Å². The van der Waals surface area contributed by atoms with E-state index >= 15 is 0 Å². The molecule has 0 heterocycles. The first-order valence-corrected chi connectivity index (χ1v) is 9.64. The van der Waals surface area contributed by atoms with Gasteiger partial charge >= 0.3 is 0 Å². The fourth-order valence-corrected chi connectivity index (χ4v) is 7.02. The Bertz CT molecular complexity index is 692. The van der Waals surface area contributed by atoms with Gasteiger partial charge in [-0.1, -0.05) is 19.4 Å². The smallest absolute Gasteiger partial charge is 0.184 e. The highest BCUT2D eigenvalue weighted by Crippen LogP contribution is 2.65. The van der Waals surface area contributed by atoms with Crippen molar-refractivity contribution in [2.75, 3.05) is 0 Å². The number of allylic oxidation sites excluding steroid dienone is 1. The lowest BCUT2D eigenvalue weighted by molar-refractivity contribution is -0.137. The number of fused-ring (bicyclic) bond motifs is 5. The summed E-state index contributed by atoms with van der Waals surface area (Å²) in [7, 11) is 0. The number of aliphatic hydroxyl groups is 1. The predicted molar refractivity (Wildman–Crippen MR) is 92.7 cm³/mol. The molecule has 4 rings (SSSR count). The molecule has 0 unspecified atom stereocenters. The summed E-state index contributed by atoms with van der Waals surface area (Å²) in [6.45, 7) is 5.96. The van der Waals surface area contributed by atoms with Crippen LogP contribution < -0.4 is 0 Å². The zero-order valence-electron chi connectivity index (χ0n) is 15.4. The standard InChI is InChI=1S/C21H28O4/c1-11(22)15-9-17(24)19-13-5-4-12-8-16(23)18(25)10-21(12,3)14(13)6-7-20(15,19)2/h8,13-15,18-19,25H,4-7,9-10H2,1-3H3/t13-,14+,15-,18+,19-,20-,21+/m1/s1. The summed E-state index contributed by atoms with van der Waals surface area (Å²) in [5.74, 6) is 0.683. The van der Waals surface area contributed by atoms with Gasteiger partial charge in [-0.25, -0.2) is 0 Å². The van der Waals surface area contributed by atoms with Gasteiger partial charge in [-0.2, -0.15) is 0 Å². The first kappa shape index (κ1) is 17.1. The van der Waals surface area contributed by atoms with Crippen molar-refractivity contribution in [3.8, 4) is 0 Å². The van der Waals surface area contributed by atoms with Crippen molar-refractivity contribution in [2.24, 2.45) is 34.5 Å². The Balaban J connectivity index is 1.72. The number of hydrogen-bond acceptors (Lipinski definition) is 4. The molecule has 4 heteroatoms. The van der Waals surface area contributed by atoms with Gasteiger partial charge in [0.1, 0.15) is 17.7 Å². The van der Waals surface area contributed by atoms with E-state index in [-0.39, 0.29) is 45.9 Å². The third-order valence-electron chi connectivity index (χ3n) is 8.25. The van der Waals surface area contributed by atoms with Crippen LogP contribution in [-0.4, -0.2) is 28.6 Å². The Morgan fingerprint density at radius 2 is 1.96 bits per heavy atom. The highest BCUT2D eigenvalue weighted by molar-refractivity contribution is 5.95. The quantitative estimate of drug-likeness (QED) is 0.794. The predicted octanol–water partition coefficient (Wildman–Crippen LogP) is 2.87. The monoisotopic (exact) mass is 344 g/mol. The lowest BCUT2D eigenvalue weighted by Gasteiger charge is -2.57. The van der Waals surface area contributed by atoms with Gasteiger partial charge in [0.25, 0.3) is 0 Å². The summed E-state index contributed by atoms with van der Waals surface area (Å²) in [6.07, 6.45) is 5.27. The molecule has 136 valence electrons. The summed E-state index contributed by atoms with van der Waals surface area (Å²) >= 11 is 0. The van der Waals surface area contributed by atoms with Crippen LogP contribution >= 0.6 is 0 Å². The second kappa shape index (κ2) is 5.35. The lowest BCUT2D eigenvalue weighted by Crippen LogP contribution is -2.53. The largest absolute Gasteiger partial charge is 0.385 e. The molecule has 25 heavy (non-hydrogen) atoms. The Kier molecular flexibility index (Phi) is 3.67. The number of hydrogen-bond donors (Lipinski definition) is 1. The van der Waals surface area contributed by atoms with E-state index in [0.29, 0.717) is 18.8 Å². The van der Waals surface area contributed by atoms with Crippen LogP contribution in [0.15, 0.2) is 11.6 Å². The summed E-state index contributed by atoms with van der Waals surface area (Å²) in [4.78, 5) is 37.0. The van der Waals surface area contributed by atoms with E-state index in [2.05, 4.69) is 13.8 Å². The maximum absolute atomic E-state index is 12.9. The van der Waals surface area contributed by atoms with E-state index in [4.69, 9.17) is 0 Å². The number of carbonyl (C=O) groups excluding carboxylic acids is 3. The van der Waals surface area contributed by atoms with Gasteiger partial charge in [0.15, 0.2) is 5.78 Å². The minimum Gasteiger partial charge on any atom is -0.385 e. The van der Waals surface area contributed by atoms with E-state index < -0.39 is 6.10 Å². The molecule has 0 saturated heterocycles. The van der Waals surface area contributed by atoms with Gasteiger partial charge in [-0.15, -0.1) is 0 Å². The van der Waals surface area contributed by atoms with Gasteiger partial charge in [0.05, 0.1) is 0 Å². The number of rotatable bonds is 1. The fraction of sp³-hybridized carbons (Fsp3) is 0.762. The van der Waals surface area contributed by atoms with Crippen LogP contribution in [0.5, 0.6) is 0 Å². The molecule has 0 bridgehead atoms. The highest BCUT2D eigenvalue weighted by Gasteiger charge is 2.63. The van der Waals surface area contributed by atoms with E-state index in [1.165, 1.54) is 5.57 Å². The third kappa shape index (κ3) is 2.19. The van der Waals surface area contributed by atoms with E-state index in [1.54, 1.807) is 13.0 Å². The normalized spacial score (nSPS) is 49.1. The molecular weight excluding hydrogens is 316 g/mol. The van der Waals surface area contributed by atoms with Gasteiger partial charge in [0.2, 0.25) is 0 Å². The van der Waals surface area contributed by atoms with Gasteiger partial charge in [0, 0.05) is 18.3 Å². The Morgan fingerprint density at radius 3 is 2.64 bits per heavy atom. The van der Waals surface area contributed by atoms with Crippen molar-refractivity contribution >= 4 is 17.3 Å². The highest BCUT2D eigenvalue weighted by atomic mass is 16.3. The van der Waals surface area contributed by atoms with E-state index in [9.17, 15) is 19.5 Å². The molecule has 0 spiro atoms. The van der Waals surface area contributed by atoms with Crippen molar-refractivity contribution < 1.29 is 19.5 Å². The molecule has 0 aromatic heterocycles. The number of carbonyl (C=O) groups is 3. The minimum absolute atomic E-state index is 0.0340. The van der Waals surface area contributed by atoms with Crippen molar-refractivity contribution in [1.82, 2.24) is 0 Å². The SMILES string of the molecule is CC(=O)[C@H]1CC(=O)[C@H]2[C@@H]3CCC4=CC(=O)[C@@H](O)C[C@]4(C)[C@H]3CC[C@]12C. The number of ketones is 3. The molecule has 3 fully saturated rings. The fourth-order valence-electron chi connectivity index (χ4n) is 7.02. The third-order valence-corrected chi connectivity index (χ3v) is 8.25. The molecule has 4 aliphatic rings. The molecule has 3 saturated carbocycles. The maximum Gasteiger partial charge on any atom is 0.184 e. The summed E-state index contributed by atoms with van der Waals surface area (Å²) in [5.41, 5.74) is 0.776. The van der Waals surface area contributed by atoms with Crippen LogP contribution in [0.1, 0.15) is 59.3 Å². The van der Waals surface area contributed by atoms with Crippen LogP contribution in [0.2, 0.25) is 0 Å². The first-order valence-electron chi connectivity index (χ1n) is 9.64. The number of aliphatic hydroxyl groups excluding tert-OH is 1. The molecule has 0 radical (unpaired) electrons. The van der Waals surface area contributed by atoms with Crippen LogP contribution in [0.3, 0.4) is 0 Å². The molecule has 0 amide bonds. The molecule has 0 aromatic rings. The molecular formula is C21H28O4. The Hall–Kier alpha value is -1.29. The maximum atomic E-state index is 12.9.